The molecule has 2 heteroatoms. The minimum atomic E-state index is 0.666. The van der Waals surface area contributed by atoms with Gasteiger partial charge in [-0.3, -0.25) is 0 Å². The monoisotopic (exact) mass is 249 g/mol. The zero-order valence-electron chi connectivity index (χ0n) is 11.1. The molecule has 1 aromatic carbocycles. The first-order valence-electron chi connectivity index (χ1n) is 6.68. The molecular weight excluding hydrogens is 226 g/mol. The molecule has 1 aliphatic rings. The highest BCUT2D eigenvalue weighted by molar-refractivity contribution is 8.00. The molecule has 2 atom stereocenters. The van der Waals surface area contributed by atoms with Crippen LogP contribution in [0, 0.1) is 5.92 Å². The summed E-state index contributed by atoms with van der Waals surface area (Å²) >= 11 is 2.04. The van der Waals surface area contributed by atoms with Crippen LogP contribution in [0.15, 0.2) is 29.2 Å². The number of thioether (sulfide) groups is 1. The first-order chi connectivity index (χ1) is 8.20. The van der Waals surface area contributed by atoms with E-state index in [1.807, 2.05) is 11.8 Å². The molecule has 0 radical (unpaired) electrons. The molecule has 0 amide bonds. The van der Waals surface area contributed by atoms with E-state index in [1.165, 1.54) is 23.3 Å². The molecule has 1 nitrogen and oxygen atoms in total. The molecule has 0 fully saturated rings. The summed E-state index contributed by atoms with van der Waals surface area (Å²) in [5.41, 5.74) is 1.53. The summed E-state index contributed by atoms with van der Waals surface area (Å²) in [6, 6.07) is 9.48. The van der Waals surface area contributed by atoms with E-state index in [9.17, 15) is 0 Å². The SMILES string of the molecule is CCC(NCC1Cc2ccccc2S1)C(C)C. The summed E-state index contributed by atoms with van der Waals surface area (Å²) in [4.78, 5) is 1.48. The van der Waals surface area contributed by atoms with Crippen molar-refractivity contribution in [2.45, 2.75) is 49.8 Å². The molecule has 17 heavy (non-hydrogen) atoms. The van der Waals surface area contributed by atoms with Gasteiger partial charge in [0.05, 0.1) is 0 Å². The Morgan fingerprint density at radius 1 is 1.35 bits per heavy atom. The quantitative estimate of drug-likeness (QED) is 0.853. The lowest BCUT2D eigenvalue weighted by molar-refractivity contribution is 0.389. The van der Waals surface area contributed by atoms with Crippen LogP contribution in [0.5, 0.6) is 0 Å². The first kappa shape index (κ1) is 13.0. The van der Waals surface area contributed by atoms with Gasteiger partial charge in [-0.05, 0) is 30.4 Å². The Morgan fingerprint density at radius 3 is 2.76 bits per heavy atom. The van der Waals surface area contributed by atoms with Crippen molar-refractivity contribution in [1.82, 2.24) is 5.32 Å². The predicted octanol–water partition coefficient (Wildman–Crippen LogP) is 3.73. The highest BCUT2D eigenvalue weighted by Crippen LogP contribution is 2.36. The Hall–Kier alpha value is -0.470. The molecule has 1 heterocycles. The molecule has 0 bridgehead atoms. The van der Waals surface area contributed by atoms with Crippen molar-refractivity contribution in [3.8, 4) is 0 Å². The minimum absolute atomic E-state index is 0.666. The van der Waals surface area contributed by atoms with Gasteiger partial charge in [-0.1, -0.05) is 39.0 Å². The van der Waals surface area contributed by atoms with Crippen molar-refractivity contribution < 1.29 is 0 Å². The van der Waals surface area contributed by atoms with Crippen LogP contribution in [-0.4, -0.2) is 17.8 Å². The molecule has 2 unspecified atom stereocenters. The fourth-order valence-corrected chi connectivity index (χ4v) is 3.76. The Labute approximate surface area is 109 Å². The van der Waals surface area contributed by atoms with Gasteiger partial charge in [0.15, 0.2) is 0 Å². The Morgan fingerprint density at radius 2 is 2.12 bits per heavy atom. The molecule has 0 aliphatic carbocycles. The fourth-order valence-electron chi connectivity index (χ4n) is 2.50. The zero-order valence-corrected chi connectivity index (χ0v) is 11.9. The van der Waals surface area contributed by atoms with E-state index in [0.29, 0.717) is 6.04 Å². The van der Waals surface area contributed by atoms with Crippen molar-refractivity contribution >= 4 is 11.8 Å². The van der Waals surface area contributed by atoms with Crippen LogP contribution in [0.1, 0.15) is 32.8 Å². The maximum atomic E-state index is 3.72. The van der Waals surface area contributed by atoms with Crippen LogP contribution in [0.3, 0.4) is 0 Å². The van der Waals surface area contributed by atoms with Crippen LogP contribution in [0.2, 0.25) is 0 Å². The number of hydrogen-bond acceptors (Lipinski definition) is 2. The van der Waals surface area contributed by atoms with E-state index < -0.39 is 0 Å². The van der Waals surface area contributed by atoms with Gasteiger partial charge >= 0.3 is 0 Å². The summed E-state index contributed by atoms with van der Waals surface area (Å²) in [6.45, 7) is 8.01. The van der Waals surface area contributed by atoms with Crippen LogP contribution in [-0.2, 0) is 6.42 Å². The molecule has 0 aromatic heterocycles. The van der Waals surface area contributed by atoms with Gasteiger partial charge in [0.2, 0.25) is 0 Å². The number of fused-ring (bicyclic) bond motifs is 1. The van der Waals surface area contributed by atoms with Gasteiger partial charge < -0.3 is 5.32 Å². The second kappa shape index (κ2) is 5.92. The minimum Gasteiger partial charge on any atom is -0.313 e. The van der Waals surface area contributed by atoms with Gasteiger partial charge in [-0.2, -0.15) is 0 Å². The van der Waals surface area contributed by atoms with E-state index in [1.54, 1.807) is 0 Å². The van der Waals surface area contributed by atoms with E-state index in [0.717, 1.165) is 17.7 Å². The van der Waals surface area contributed by atoms with Crippen molar-refractivity contribution in [2.24, 2.45) is 5.92 Å². The van der Waals surface area contributed by atoms with E-state index in [4.69, 9.17) is 0 Å². The van der Waals surface area contributed by atoms with Crippen molar-refractivity contribution in [1.29, 1.82) is 0 Å². The Balaban J connectivity index is 1.84. The molecule has 1 aromatic rings. The fraction of sp³-hybridized carbons (Fsp3) is 0.600. The van der Waals surface area contributed by atoms with Gasteiger partial charge in [-0.25, -0.2) is 0 Å². The van der Waals surface area contributed by atoms with Crippen LogP contribution in [0.4, 0.5) is 0 Å². The van der Waals surface area contributed by atoms with Crippen molar-refractivity contribution in [3.05, 3.63) is 29.8 Å². The van der Waals surface area contributed by atoms with Crippen molar-refractivity contribution in [2.75, 3.05) is 6.54 Å². The third kappa shape index (κ3) is 3.26. The van der Waals surface area contributed by atoms with Gasteiger partial charge in [-0.15, -0.1) is 11.8 Å². The molecule has 1 N–H and O–H groups in total. The Bertz CT molecular complexity index is 337. The van der Waals surface area contributed by atoms with Crippen LogP contribution in [0.25, 0.3) is 0 Å². The summed E-state index contributed by atoms with van der Waals surface area (Å²) in [6.07, 6.45) is 2.45. The average Bonchev–Trinajstić information content (AvgIpc) is 2.71. The molecule has 1 aliphatic heterocycles. The number of hydrogen-bond donors (Lipinski definition) is 1. The van der Waals surface area contributed by atoms with Crippen molar-refractivity contribution in [3.63, 3.8) is 0 Å². The lowest BCUT2D eigenvalue weighted by atomic mass is 10.0. The molecule has 0 saturated carbocycles. The number of rotatable bonds is 5. The predicted molar refractivity (Wildman–Crippen MR) is 76.7 cm³/mol. The summed E-state index contributed by atoms with van der Waals surface area (Å²) < 4.78 is 0. The zero-order chi connectivity index (χ0) is 12.3. The average molecular weight is 249 g/mol. The maximum Gasteiger partial charge on any atom is 0.0260 e. The highest BCUT2D eigenvalue weighted by Gasteiger charge is 2.22. The largest absolute Gasteiger partial charge is 0.313 e. The maximum absolute atomic E-state index is 3.72. The lowest BCUT2D eigenvalue weighted by Gasteiger charge is -2.22. The summed E-state index contributed by atoms with van der Waals surface area (Å²) in [5.74, 6) is 0.730. The first-order valence-corrected chi connectivity index (χ1v) is 7.56. The van der Waals surface area contributed by atoms with Gasteiger partial charge in [0.1, 0.15) is 0 Å². The number of benzene rings is 1. The third-order valence-corrected chi connectivity index (χ3v) is 4.88. The summed E-state index contributed by atoms with van der Waals surface area (Å²) in [5, 5.41) is 4.45. The Kier molecular flexibility index (Phi) is 4.52. The molecule has 94 valence electrons. The number of nitrogens with one attached hydrogen (secondary N) is 1. The third-order valence-electron chi connectivity index (χ3n) is 3.57. The summed E-state index contributed by atoms with van der Waals surface area (Å²) in [7, 11) is 0. The lowest BCUT2D eigenvalue weighted by Crippen LogP contribution is -2.37. The van der Waals surface area contributed by atoms with Crippen LogP contribution >= 0.6 is 11.8 Å². The molecule has 2 rings (SSSR count). The smallest absolute Gasteiger partial charge is 0.0260 e. The highest BCUT2D eigenvalue weighted by atomic mass is 32.2. The second-order valence-corrected chi connectivity index (χ2v) is 6.56. The molecule has 0 saturated heterocycles. The van der Waals surface area contributed by atoms with Gasteiger partial charge in [0.25, 0.3) is 0 Å². The molecule has 0 spiro atoms. The standard InChI is InChI=1S/C15H23NS/c1-4-14(11(2)3)16-10-13-9-12-7-5-6-8-15(12)17-13/h5-8,11,13-14,16H,4,9-10H2,1-3H3. The van der Waals surface area contributed by atoms with E-state index >= 15 is 0 Å². The van der Waals surface area contributed by atoms with E-state index in [2.05, 4.69) is 50.4 Å². The second-order valence-electron chi connectivity index (χ2n) is 5.22. The normalized spacial score (nSPS) is 20.6. The van der Waals surface area contributed by atoms with Gasteiger partial charge in [0, 0.05) is 22.7 Å². The van der Waals surface area contributed by atoms with Crippen LogP contribution < -0.4 is 5.32 Å². The topological polar surface area (TPSA) is 12.0 Å². The molecular formula is C15H23NS. The van der Waals surface area contributed by atoms with E-state index in [-0.39, 0.29) is 0 Å².